The van der Waals surface area contributed by atoms with Crippen LogP contribution in [0.2, 0.25) is 0 Å². The number of ether oxygens (including phenoxy) is 1. The van der Waals surface area contributed by atoms with Crippen LogP contribution in [0.25, 0.3) is 0 Å². The van der Waals surface area contributed by atoms with E-state index in [4.69, 9.17) is 4.74 Å². The summed E-state index contributed by atoms with van der Waals surface area (Å²) in [6, 6.07) is 5.58. The fraction of sp³-hybridized carbons (Fsp3) is 0.292. The molecule has 0 spiro atoms. The van der Waals surface area contributed by atoms with Crippen molar-refractivity contribution >= 4 is 11.8 Å². The number of nitrogens with zero attached hydrogens (tertiary/aromatic N) is 3. The van der Waals surface area contributed by atoms with Gasteiger partial charge in [-0.05, 0) is 57.0 Å². The second-order valence-corrected chi connectivity index (χ2v) is 8.40. The number of halogens is 3. The molecule has 2 amide bonds. The minimum Gasteiger partial charge on any atom is -0.508 e. The van der Waals surface area contributed by atoms with Gasteiger partial charge in [0.2, 0.25) is 5.91 Å². The monoisotopic (exact) mass is 501 g/mol. The molecule has 1 saturated carbocycles. The molecule has 0 atom stereocenters. The second-order valence-electron chi connectivity index (χ2n) is 8.40. The molecule has 2 heterocycles. The molecule has 3 aromatic rings. The Labute approximate surface area is 203 Å². The lowest BCUT2D eigenvalue weighted by atomic mass is 10.1. The predicted molar refractivity (Wildman–Crippen MR) is 120 cm³/mol. The summed E-state index contributed by atoms with van der Waals surface area (Å²) >= 11 is 0. The molecule has 0 radical (unpaired) electrons. The van der Waals surface area contributed by atoms with Crippen molar-refractivity contribution in [1.82, 2.24) is 25.6 Å². The number of aromatic nitrogens is 3. The lowest BCUT2D eigenvalue weighted by Crippen LogP contribution is -2.49. The molecule has 9 nitrogen and oxygen atoms in total. The molecule has 36 heavy (non-hydrogen) atoms. The van der Waals surface area contributed by atoms with Crippen molar-refractivity contribution in [3.63, 3.8) is 0 Å². The third-order valence-corrected chi connectivity index (χ3v) is 5.61. The van der Waals surface area contributed by atoms with Gasteiger partial charge >= 0.3 is 6.18 Å². The van der Waals surface area contributed by atoms with E-state index in [9.17, 15) is 27.9 Å². The van der Waals surface area contributed by atoms with Crippen LogP contribution in [-0.4, -0.2) is 37.4 Å². The van der Waals surface area contributed by atoms with Crippen LogP contribution in [0.3, 0.4) is 0 Å². The van der Waals surface area contributed by atoms with Gasteiger partial charge < -0.3 is 20.5 Å². The predicted octanol–water partition coefficient (Wildman–Crippen LogP) is 3.58. The van der Waals surface area contributed by atoms with Gasteiger partial charge in [0.05, 0.1) is 29.7 Å². The summed E-state index contributed by atoms with van der Waals surface area (Å²) < 4.78 is 44.9. The van der Waals surface area contributed by atoms with Gasteiger partial charge in [0.1, 0.15) is 34.2 Å². The minimum atomic E-state index is -4.72. The molecule has 1 aliphatic rings. The maximum atomic E-state index is 13.2. The molecule has 3 N–H and O–H groups in total. The van der Waals surface area contributed by atoms with E-state index >= 15 is 0 Å². The van der Waals surface area contributed by atoms with Crippen molar-refractivity contribution in [3.05, 3.63) is 71.1 Å². The quantitative estimate of drug-likeness (QED) is 0.452. The molecule has 0 saturated heterocycles. The van der Waals surface area contributed by atoms with Gasteiger partial charge in [-0.2, -0.15) is 13.2 Å². The molecule has 1 fully saturated rings. The van der Waals surface area contributed by atoms with Gasteiger partial charge in [-0.3, -0.25) is 14.6 Å². The fourth-order valence-corrected chi connectivity index (χ4v) is 3.50. The Morgan fingerprint density at radius 1 is 1.11 bits per heavy atom. The van der Waals surface area contributed by atoms with Gasteiger partial charge in [-0.15, -0.1) is 0 Å². The van der Waals surface area contributed by atoms with Crippen molar-refractivity contribution in [2.24, 2.45) is 0 Å². The summed E-state index contributed by atoms with van der Waals surface area (Å²) in [4.78, 5) is 37.7. The molecule has 0 aliphatic heterocycles. The van der Waals surface area contributed by atoms with E-state index in [1.165, 1.54) is 24.5 Å². The number of pyridine rings is 1. The molecule has 1 aromatic carbocycles. The number of benzene rings is 1. The molecule has 12 heteroatoms. The maximum Gasteiger partial charge on any atom is 0.420 e. The van der Waals surface area contributed by atoms with Crippen molar-refractivity contribution in [2.75, 3.05) is 0 Å². The average molecular weight is 501 g/mol. The number of amides is 2. The number of hydrogen-bond donors (Lipinski definition) is 3. The number of rotatable bonds is 7. The lowest BCUT2D eigenvalue weighted by Gasteiger charge is -2.18. The Morgan fingerprint density at radius 2 is 1.86 bits per heavy atom. The molecule has 0 unspecified atom stereocenters. The molecule has 0 bridgehead atoms. The number of phenolic OH excluding ortho intramolecular Hbond substituents is 1. The number of nitrogens with one attached hydrogen (secondary N) is 2. The highest BCUT2D eigenvalue weighted by atomic mass is 19.4. The highest BCUT2D eigenvalue weighted by Gasteiger charge is 2.51. The highest BCUT2D eigenvalue weighted by Crippen LogP contribution is 2.40. The number of hydrogen-bond acceptors (Lipinski definition) is 7. The van der Waals surface area contributed by atoms with Crippen LogP contribution in [0.15, 0.2) is 42.7 Å². The van der Waals surface area contributed by atoms with Crippen LogP contribution in [0, 0.1) is 13.8 Å². The van der Waals surface area contributed by atoms with Crippen LogP contribution >= 0.6 is 0 Å². The molecule has 2 aromatic heterocycles. The van der Waals surface area contributed by atoms with E-state index in [2.05, 4.69) is 25.6 Å². The Morgan fingerprint density at radius 3 is 2.47 bits per heavy atom. The topological polar surface area (TPSA) is 126 Å². The molecular weight excluding hydrogens is 479 g/mol. The zero-order chi connectivity index (χ0) is 26.1. The number of phenols is 1. The van der Waals surface area contributed by atoms with Gasteiger partial charge in [-0.1, -0.05) is 0 Å². The van der Waals surface area contributed by atoms with Crippen molar-refractivity contribution in [1.29, 1.82) is 0 Å². The number of alkyl halides is 3. The fourth-order valence-electron chi connectivity index (χ4n) is 3.50. The van der Waals surface area contributed by atoms with E-state index in [0.717, 1.165) is 12.1 Å². The van der Waals surface area contributed by atoms with Crippen LogP contribution in [-0.2, 0) is 17.5 Å². The first-order valence-electron chi connectivity index (χ1n) is 10.9. The number of aromatic hydroxyl groups is 1. The van der Waals surface area contributed by atoms with Crippen LogP contribution in [0.1, 0.15) is 46.0 Å². The van der Waals surface area contributed by atoms with Gasteiger partial charge in [0, 0.05) is 6.20 Å². The smallest absolute Gasteiger partial charge is 0.420 e. The lowest BCUT2D eigenvalue weighted by molar-refractivity contribution is -0.138. The van der Waals surface area contributed by atoms with E-state index < -0.39 is 34.7 Å². The minimum absolute atomic E-state index is 0.0381. The van der Waals surface area contributed by atoms with Gasteiger partial charge in [0.25, 0.3) is 5.91 Å². The summed E-state index contributed by atoms with van der Waals surface area (Å²) in [7, 11) is 0. The Bertz CT molecular complexity index is 1310. The Kier molecular flexibility index (Phi) is 6.53. The third-order valence-electron chi connectivity index (χ3n) is 5.61. The molecular formula is C24H22F3N5O4. The van der Waals surface area contributed by atoms with Gasteiger partial charge in [-0.25, -0.2) is 9.97 Å². The first-order valence-corrected chi connectivity index (χ1v) is 10.9. The molecule has 188 valence electrons. The van der Waals surface area contributed by atoms with Crippen LogP contribution in [0.5, 0.6) is 17.2 Å². The SMILES string of the molecule is Cc1ncc(C(=O)NC2(C(=O)NCc3ccc(Oc4ccc(O)cc4C(F)(F)F)cn3)CC2)c(C)n1. The summed E-state index contributed by atoms with van der Waals surface area (Å²) in [6.07, 6.45) is -1.12. The van der Waals surface area contributed by atoms with E-state index in [1.54, 1.807) is 13.8 Å². The normalized spacial score (nSPS) is 14.1. The largest absolute Gasteiger partial charge is 0.508 e. The first kappa shape index (κ1) is 24.9. The summed E-state index contributed by atoms with van der Waals surface area (Å²) in [6.45, 7) is 3.44. The summed E-state index contributed by atoms with van der Waals surface area (Å²) in [5, 5.41) is 14.8. The maximum absolute atomic E-state index is 13.2. The van der Waals surface area contributed by atoms with Crippen molar-refractivity contribution in [2.45, 2.75) is 44.9 Å². The Hall–Kier alpha value is -4.22. The van der Waals surface area contributed by atoms with Crippen molar-refractivity contribution in [3.8, 4) is 17.2 Å². The number of aryl methyl sites for hydroxylation is 2. The third kappa shape index (κ3) is 5.53. The zero-order valence-electron chi connectivity index (χ0n) is 19.3. The Balaban J connectivity index is 1.36. The van der Waals surface area contributed by atoms with E-state index in [-0.39, 0.29) is 18.2 Å². The number of carbonyl (C=O) groups excluding carboxylic acids is 2. The van der Waals surface area contributed by atoms with Crippen LogP contribution < -0.4 is 15.4 Å². The zero-order valence-corrected chi connectivity index (χ0v) is 19.3. The van der Waals surface area contributed by atoms with Gasteiger partial charge in [0.15, 0.2) is 0 Å². The highest BCUT2D eigenvalue weighted by molar-refractivity contribution is 6.01. The first-order chi connectivity index (χ1) is 17.0. The molecule has 4 rings (SSSR count). The number of carbonyl (C=O) groups is 2. The summed E-state index contributed by atoms with van der Waals surface area (Å²) in [5.74, 6) is -1.25. The van der Waals surface area contributed by atoms with E-state index in [0.29, 0.717) is 41.7 Å². The summed E-state index contributed by atoms with van der Waals surface area (Å²) in [5.41, 5.74) is -0.911. The second kappa shape index (κ2) is 9.44. The van der Waals surface area contributed by atoms with E-state index in [1.807, 2.05) is 0 Å². The average Bonchev–Trinajstić information content (AvgIpc) is 3.59. The molecule has 1 aliphatic carbocycles. The standard InChI is InChI=1S/C24H22F3N5O4/c1-13-18(12-28-14(2)31-13)21(34)32-23(7-8-23)22(35)30-10-15-3-5-17(11-29-15)36-20-6-4-16(33)9-19(20)24(25,26)27/h3-6,9,11-12,33H,7-8,10H2,1-2H3,(H,30,35)(H,32,34). The van der Waals surface area contributed by atoms with Crippen molar-refractivity contribution < 1.29 is 32.6 Å². The van der Waals surface area contributed by atoms with Crippen LogP contribution in [0.4, 0.5) is 13.2 Å².